The van der Waals surface area contributed by atoms with Crippen LogP contribution in [0.2, 0.25) is 13.6 Å². The maximum atomic E-state index is 2.41. The number of rotatable bonds is 1. The molecule has 2 rings (SSSR count). The molecule has 2 aliphatic heterocycles. The summed E-state index contributed by atoms with van der Waals surface area (Å²) in [5.74, 6) is 1.08. The molecule has 68 valence electrons. The first-order valence-electron chi connectivity index (χ1n) is 5.59. The van der Waals surface area contributed by atoms with E-state index in [1.165, 1.54) is 49.7 Å². The molecule has 0 saturated carbocycles. The lowest BCUT2D eigenvalue weighted by Crippen LogP contribution is -2.63. The quantitative estimate of drug-likeness (QED) is 0.524. The minimum absolute atomic E-state index is 0.869. The second kappa shape index (κ2) is 3.06. The van der Waals surface area contributed by atoms with Crippen LogP contribution in [0.25, 0.3) is 0 Å². The van der Waals surface area contributed by atoms with Crippen LogP contribution < -0.4 is 0 Å². The average molecular weight is 166 g/mol. The fourth-order valence-electron chi connectivity index (χ4n) is 3.25. The Morgan fingerprint density at radius 3 is 2.08 bits per heavy atom. The first-order valence-corrected chi connectivity index (χ1v) is 5.59. The zero-order chi connectivity index (χ0) is 8.60. The van der Waals surface area contributed by atoms with Crippen LogP contribution in [-0.4, -0.2) is 30.9 Å². The van der Waals surface area contributed by atoms with E-state index < -0.39 is 0 Å². The molecule has 0 atom stereocenters. The lowest BCUT2D eigenvalue weighted by atomic mass is 9.59. The topological polar surface area (TPSA) is 0 Å². The largest absolute Gasteiger partial charge is 0.400 e. The molecule has 2 fully saturated rings. The molecule has 0 spiro atoms. The van der Waals surface area contributed by atoms with Crippen molar-refractivity contribution >= 4 is 6.85 Å². The molecule has 2 aliphatic rings. The van der Waals surface area contributed by atoms with Gasteiger partial charge in [-0.1, -0.05) is 0 Å². The molecule has 2 heterocycles. The van der Waals surface area contributed by atoms with Crippen LogP contribution in [-0.2, 0) is 0 Å². The Morgan fingerprint density at radius 2 is 1.67 bits per heavy atom. The van der Waals surface area contributed by atoms with Gasteiger partial charge in [-0.05, 0) is 39.3 Å². The zero-order valence-corrected chi connectivity index (χ0v) is 8.55. The van der Waals surface area contributed by atoms with E-state index in [-0.39, 0.29) is 0 Å². The lowest BCUT2D eigenvalue weighted by molar-refractivity contribution is -0.843. The highest BCUT2D eigenvalue weighted by atomic mass is 15.3. The summed E-state index contributed by atoms with van der Waals surface area (Å²) in [5.41, 5.74) is 0. The first kappa shape index (κ1) is 8.62. The van der Waals surface area contributed by atoms with E-state index >= 15 is 0 Å². The molecule has 2 saturated heterocycles. The molecule has 2 bridgehead atoms. The third-order valence-corrected chi connectivity index (χ3v) is 4.15. The van der Waals surface area contributed by atoms with Crippen molar-refractivity contribution in [2.24, 2.45) is 5.92 Å². The summed E-state index contributed by atoms with van der Waals surface area (Å²) in [4.78, 5) is 0. The van der Waals surface area contributed by atoms with Crippen LogP contribution in [0.5, 0.6) is 0 Å². The predicted octanol–water partition coefficient (Wildman–Crippen LogP) is 2.26. The number of hydrogen-bond acceptors (Lipinski definition) is 0. The standard InChI is InChI=1S/C10H21BN/c1-11(2)12-7-3-5-10(9-12)6-4-8-12/h10H,3-9H2,1-2H3/q+1. The highest BCUT2D eigenvalue weighted by Gasteiger charge is 2.41. The lowest BCUT2D eigenvalue weighted by Gasteiger charge is -2.51. The van der Waals surface area contributed by atoms with E-state index in [0.29, 0.717) is 0 Å². The van der Waals surface area contributed by atoms with Crippen molar-refractivity contribution in [3.63, 3.8) is 0 Å². The molecule has 0 aromatic carbocycles. The maximum absolute atomic E-state index is 2.41. The Balaban J connectivity index is 2.12. The molecule has 12 heavy (non-hydrogen) atoms. The Bertz CT molecular complexity index is 157. The molecule has 0 aliphatic carbocycles. The summed E-state index contributed by atoms with van der Waals surface area (Å²) in [6.07, 6.45) is 6.02. The predicted molar refractivity (Wildman–Crippen MR) is 54.3 cm³/mol. The molecule has 0 radical (unpaired) electrons. The van der Waals surface area contributed by atoms with E-state index in [0.717, 1.165) is 12.8 Å². The van der Waals surface area contributed by atoms with Crippen LogP contribution in [0.15, 0.2) is 0 Å². The monoisotopic (exact) mass is 166 g/mol. The Labute approximate surface area is 76.8 Å². The minimum Gasteiger partial charge on any atom is -0.394 e. The van der Waals surface area contributed by atoms with Gasteiger partial charge in [-0.2, -0.15) is 0 Å². The molecule has 0 aromatic rings. The van der Waals surface area contributed by atoms with Crippen molar-refractivity contribution in [3.05, 3.63) is 0 Å². The SMILES string of the molecule is CB(C)[N+]12CCCC(CCC1)C2. The van der Waals surface area contributed by atoms with E-state index in [2.05, 4.69) is 13.6 Å². The second-order valence-electron chi connectivity index (χ2n) is 5.09. The van der Waals surface area contributed by atoms with Gasteiger partial charge in [0.05, 0.1) is 19.6 Å². The molecule has 2 heteroatoms. The van der Waals surface area contributed by atoms with Gasteiger partial charge < -0.3 is 4.39 Å². The Kier molecular flexibility index (Phi) is 2.20. The fourth-order valence-corrected chi connectivity index (χ4v) is 3.25. The summed E-state index contributed by atoms with van der Waals surface area (Å²) in [7, 11) is 0. The van der Waals surface area contributed by atoms with Crippen LogP contribution in [0.4, 0.5) is 0 Å². The van der Waals surface area contributed by atoms with Gasteiger partial charge in [0, 0.05) is 5.92 Å². The highest BCUT2D eigenvalue weighted by Crippen LogP contribution is 2.33. The molecular weight excluding hydrogens is 145 g/mol. The number of nitrogens with zero attached hydrogens (tertiary/aromatic N) is 1. The van der Waals surface area contributed by atoms with Gasteiger partial charge in [-0.3, -0.25) is 0 Å². The normalized spacial score (nSPS) is 41.0. The molecule has 1 nitrogen and oxygen atoms in total. The smallest absolute Gasteiger partial charge is 0.394 e. The van der Waals surface area contributed by atoms with Gasteiger partial charge in [0.25, 0.3) is 0 Å². The molecule has 0 N–H and O–H groups in total. The van der Waals surface area contributed by atoms with Crippen molar-refractivity contribution in [2.75, 3.05) is 19.6 Å². The van der Waals surface area contributed by atoms with E-state index in [9.17, 15) is 0 Å². The van der Waals surface area contributed by atoms with E-state index in [1.807, 2.05) is 0 Å². The highest BCUT2D eigenvalue weighted by molar-refractivity contribution is 6.47. The maximum Gasteiger partial charge on any atom is 0.400 e. The summed E-state index contributed by atoms with van der Waals surface area (Å²) in [6, 6.07) is 0. The number of hydrogen-bond donors (Lipinski definition) is 0. The van der Waals surface area contributed by atoms with E-state index in [1.54, 1.807) is 0 Å². The first-order chi connectivity index (χ1) is 5.73. The van der Waals surface area contributed by atoms with Gasteiger partial charge >= 0.3 is 6.85 Å². The minimum atomic E-state index is 0.869. The van der Waals surface area contributed by atoms with Crippen molar-refractivity contribution in [2.45, 2.75) is 39.3 Å². The van der Waals surface area contributed by atoms with Crippen molar-refractivity contribution in [1.82, 2.24) is 0 Å². The Hall–Kier alpha value is 0.0249. The number of quaternary nitrogens is 1. The van der Waals surface area contributed by atoms with Crippen LogP contribution in [0.3, 0.4) is 0 Å². The average Bonchev–Trinajstić information content (AvgIpc) is 2.04. The number of fused-ring (bicyclic) bond motifs is 2. The number of piperidine rings is 2. The Morgan fingerprint density at radius 1 is 1.08 bits per heavy atom. The molecular formula is C10H21BN+. The van der Waals surface area contributed by atoms with Crippen LogP contribution in [0, 0.1) is 5.92 Å². The molecule has 0 amide bonds. The summed E-state index contributed by atoms with van der Waals surface area (Å²) in [5, 5.41) is 0. The van der Waals surface area contributed by atoms with Gasteiger partial charge in [-0.25, -0.2) is 0 Å². The molecule has 0 unspecified atom stereocenters. The second-order valence-corrected chi connectivity index (χ2v) is 5.09. The van der Waals surface area contributed by atoms with Crippen molar-refractivity contribution in [3.8, 4) is 0 Å². The van der Waals surface area contributed by atoms with Crippen molar-refractivity contribution < 1.29 is 4.39 Å². The van der Waals surface area contributed by atoms with E-state index in [4.69, 9.17) is 0 Å². The third-order valence-electron chi connectivity index (χ3n) is 4.15. The van der Waals surface area contributed by atoms with Gasteiger partial charge in [0.1, 0.15) is 0 Å². The van der Waals surface area contributed by atoms with Gasteiger partial charge in [0.15, 0.2) is 0 Å². The summed E-state index contributed by atoms with van der Waals surface area (Å²) < 4.78 is 1.45. The van der Waals surface area contributed by atoms with Gasteiger partial charge in [-0.15, -0.1) is 0 Å². The zero-order valence-electron chi connectivity index (χ0n) is 8.55. The summed E-state index contributed by atoms with van der Waals surface area (Å²) >= 11 is 0. The third kappa shape index (κ3) is 1.30. The molecule has 0 aromatic heterocycles. The van der Waals surface area contributed by atoms with Crippen molar-refractivity contribution in [1.29, 1.82) is 0 Å². The fraction of sp³-hybridized carbons (Fsp3) is 1.00. The summed E-state index contributed by atoms with van der Waals surface area (Å²) in [6.45, 7) is 10.1. The van der Waals surface area contributed by atoms with Gasteiger partial charge in [0.2, 0.25) is 0 Å². The van der Waals surface area contributed by atoms with Crippen LogP contribution in [0.1, 0.15) is 25.7 Å². The van der Waals surface area contributed by atoms with Crippen LogP contribution >= 0.6 is 0 Å².